The summed E-state index contributed by atoms with van der Waals surface area (Å²) in [5.41, 5.74) is 0. The van der Waals surface area contributed by atoms with Gasteiger partial charge in [0.2, 0.25) is 0 Å². The highest BCUT2D eigenvalue weighted by Gasteiger charge is 1.91. The molecule has 0 aromatic rings. The third-order valence-corrected chi connectivity index (χ3v) is 3.75. The highest BCUT2D eigenvalue weighted by molar-refractivity contribution is 7.80. The van der Waals surface area contributed by atoms with Crippen LogP contribution in [-0.2, 0) is 18.6 Å². The largest absolute Gasteiger partial charge is 0.422 e. The van der Waals surface area contributed by atoms with Gasteiger partial charge in [0.1, 0.15) is 0 Å². The number of methoxy groups -OCH3 is 1. The minimum atomic E-state index is -0.344. The molecule has 0 atom stereocenters. The van der Waals surface area contributed by atoms with Gasteiger partial charge in [-0.1, -0.05) is 0 Å². The predicted molar refractivity (Wildman–Crippen MR) is 66.7 cm³/mol. The lowest BCUT2D eigenvalue weighted by molar-refractivity contribution is 0.0182. The monoisotopic (exact) mass is 254 g/mol. The SMILES string of the molecule is COCCOCCOCCO[SiH2]CCS. The van der Waals surface area contributed by atoms with Gasteiger partial charge in [-0.05, 0) is 11.8 Å². The molecule has 0 aliphatic heterocycles. The predicted octanol–water partition coefficient (Wildman–Crippen LogP) is 0.114. The molecular formula is C9H22O4SSi. The Balaban J connectivity index is 2.81. The first-order chi connectivity index (χ1) is 7.41. The maximum absolute atomic E-state index is 5.42. The van der Waals surface area contributed by atoms with Gasteiger partial charge < -0.3 is 18.6 Å². The molecule has 0 fully saturated rings. The van der Waals surface area contributed by atoms with E-state index in [1.165, 1.54) is 0 Å². The van der Waals surface area contributed by atoms with Crippen molar-refractivity contribution < 1.29 is 18.6 Å². The molecule has 15 heavy (non-hydrogen) atoms. The Kier molecular flexibility index (Phi) is 14.8. The zero-order valence-electron chi connectivity index (χ0n) is 9.44. The van der Waals surface area contributed by atoms with Crippen molar-refractivity contribution in [1.29, 1.82) is 0 Å². The van der Waals surface area contributed by atoms with Crippen molar-refractivity contribution >= 4 is 22.4 Å². The number of hydrogen-bond acceptors (Lipinski definition) is 5. The van der Waals surface area contributed by atoms with Gasteiger partial charge in [0.15, 0.2) is 9.76 Å². The van der Waals surface area contributed by atoms with Crippen LogP contribution in [0.25, 0.3) is 0 Å². The second kappa shape index (κ2) is 14.4. The normalized spacial score (nSPS) is 11.6. The molecule has 92 valence electrons. The van der Waals surface area contributed by atoms with Crippen molar-refractivity contribution in [3.63, 3.8) is 0 Å². The molecule has 0 amide bonds. The highest BCUT2D eigenvalue weighted by atomic mass is 32.1. The van der Waals surface area contributed by atoms with Crippen molar-refractivity contribution in [1.82, 2.24) is 0 Å². The summed E-state index contributed by atoms with van der Waals surface area (Å²) < 4.78 is 20.8. The third kappa shape index (κ3) is 14.4. The first-order valence-electron chi connectivity index (χ1n) is 5.25. The van der Waals surface area contributed by atoms with Crippen LogP contribution in [0.15, 0.2) is 0 Å². The molecule has 0 aromatic heterocycles. The molecule has 0 aliphatic carbocycles. The zero-order chi connectivity index (χ0) is 11.2. The van der Waals surface area contributed by atoms with Gasteiger partial charge in [-0.25, -0.2) is 0 Å². The van der Waals surface area contributed by atoms with Crippen LogP contribution in [0.2, 0.25) is 6.04 Å². The summed E-state index contributed by atoms with van der Waals surface area (Å²) >= 11 is 4.12. The third-order valence-electron chi connectivity index (χ3n) is 1.62. The average molecular weight is 254 g/mol. The summed E-state index contributed by atoms with van der Waals surface area (Å²) in [5.74, 6) is 0.931. The maximum atomic E-state index is 5.42. The van der Waals surface area contributed by atoms with Crippen LogP contribution in [0.5, 0.6) is 0 Å². The Morgan fingerprint density at radius 1 is 0.933 bits per heavy atom. The molecule has 0 N–H and O–H groups in total. The van der Waals surface area contributed by atoms with E-state index < -0.39 is 0 Å². The second-order valence-corrected chi connectivity index (χ2v) is 4.88. The Hall–Kier alpha value is 0.407. The molecule has 0 aromatic carbocycles. The van der Waals surface area contributed by atoms with E-state index in [0.29, 0.717) is 39.6 Å². The van der Waals surface area contributed by atoms with Gasteiger partial charge >= 0.3 is 0 Å². The van der Waals surface area contributed by atoms with Crippen LogP contribution in [-0.4, -0.2) is 62.3 Å². The smallest absolute Gasteiger partial charge is 0.162 e. The molecule has 6 heteroatoms. The summed E-state index contributed by atoms with van der Waals surface area (Å²) in [7, 11) is 1.31. The Morgan fingerprint density at radius 3 is 2.13 bits per heavy atom. The number of thiol groups is 1. The van der Waals surface area contributed by atoms with Crippen LogP contribution in [0.3, 0.4) is 0 Å². The van der Waals surface area contributed by atoms with E-state index in [4.69, 9.17) is 18.6 Å². The quantitative estimate of drug-likeness (QED) is 0.305. The van der Waals surface area contributed by atoms with E-state index in [-0.39, 0.29) is 9.76 Å². The van der Waals surface area contributed by atoms with Gasteiger partial charge in [0, 0.05) is 7.11 Å². The van der Waals surface area contributed by atoms with E-state index in [1.807, 2.05) is 0 Å². The maximum Gasteiger partial charge on any atom is 0.162 e. The van der Waals surface area contributed by atoms with E-state index in [0.717, 1.165) is 11.8 Å². The summed E-state index contributed by atoms with van der Waals surface area (Å²) in [6, 6.07) is 1.13. The van der Waals surface area contributed by atoms with Crippen LogP contribution in [0.4, 0.5) is 0 Å². The molecule has 0 unspecified atom stereocenters. The topological polar surface area (TPSA) is 36.9 Å². The molecule has 4 nitrogen and oxygen atoms in total. The molecular weight excluding hydrogens is 232 g/mol. The second-order valence-electron chi connectivity index (χ2n) is 2.91. The molecule has 0 rings (SSSR count). The van der Waals surface area contributed by atoms with Crippen molar-refractivity contribution in [2.45, 2.75) is 6.04 Å². The van der Waals surface area contributed by atoms with Gasteiger partial charge in [-0.2, -0.15) is 12.6 Å². The molecule has 0 spiro atoms. The van der Waals surface area contributed by atoms with E-state index in [9.17, 15) is 0 Å². The Morgan fingerprint density at radius 2 is 1.53 bits per heavy atom. The summed E-state index contributed by atoms with van der Waals surface area (Å²) in [5, 5.41) is 0. The number of rotatable bonds is 12. The molecule has 0 saturated carbocycles. The van der Waals surface area contributed by atoms with Crippen LogP contribution in [0, 0.1) is 0 Å². The average Bonchev–Trinajstić information content (AvgIpc) is 2.26. The summed E-state index contributed by atoms with van der Waals surface area (Å²) in [6.07, 6.45) is 0. The highest BCUT2D eigenvalue weighted by Crippen LogP contribution is 1.85. The minimum absolute atomic E-state index is 0.344. The molecule has 0 saturated heterocycles. The lowest BCUT2D eigenvalue weighted by Gasteiger charge is -2.06. The van der Waals surface area contributed by atoms with Gasteiger partial charge in [-0.3, -0.25) is 0 Å². The van der Waals surface area contributed by atoms with Gasteiger partial charge in [0.25, 0.3) is 0 Å². The molecule has 0 aliphatic rings. The van der Waals surface area contributed by atoms with Crippen molar-refractivity contribution in [3.05, 3.63) is 0 Å². The van der Waals surface area contributed by atoms with Crippen molar-refractivity contribution in [3.8, 4) is 0 Å². The fraction of sp³-hybridized carbons (Fsp3) is 1.00. The summed E-state index contributed by atoms with van der Waals surface area (Å²) in [6.45, 7) is 3.88. The lowest BCUT2D eigenvalue weighted by Crippen LogP contribution is -2.12. The zero-order valence-corrected chi connectivity index (χ0v) is 11.8. The van der Waals surface area contributed by atoms with Crippen LogP contribution >= 0.6 is 12.6 Å². The minimum Gasteiger partial charge on any atom is -0.422 e. The van der Waals surface area contributed by atoms with E-state index in [2.05, 4.69) is 12.6 Å². The van der Waals surface area contributed by atoms with Crippen molar-refractivity contribution in [2.75, 3.05) is 52.5 Å². The fourth-order valence-electron chi connectivity index (χ4n) is 0.851. The van der Waals surface area contributed by atoms with E-state index in [1.54, 1.807) is 7.11 Å². The van der Waals surface area contributed by atoms with Crippen LogP contribution in [0.1, 0.15) is 0 Å². The van der Waals surface area contributed by atoms with Crippen LogP contribution < -0.4 is 0 Å². The lowest BCUT2D eigenvalue weighted by atomic mass is 10.7. The van der Waals surface area contributed by atoms with E-state index >= 15 is 0 Å². The van der Waals surface area contributed by atoms with Crippen molar-refractivity contribution in [2.24, 2.45) is 0 Å². The Labute approximate surface area is 100.0 Å². The molecule has 0 heterocycles. The fourth-order valence-corrected chi connectivity index (χ4v) is 1.89. The standard InChI is InChI=1S/C9H22O4SSi/c1-10-2-3-11-4-5-12-6-7-13-15-9-8-14/h14H,2-9,15H2,1H3. The molecule has 0 radical (unpaired) electrons. The van der Waals surface area contributed by atoms with Gasteiger partial charge in [-0.15, -0.1) is 0 Å². The van der Waals surface area contributed by atoms with Gasteiger partial charge in [0.05, 0.1) is 39.6 Å². The molecule has 0 bridgehead atoms. The summed E-state index contributed by atoms with van der Waals surface area (Å²) in [4.78, 5) is 0. The Bertz CT molecular complexity index is 106. The first kappa shape index (κ1) is 15.4. The number of hydrogen-bond donors (Lipinski definition) is 1. The number of ether oxygens (including phenoxy) is 3. The first-order valence-corrected chi connectivity index (χ1v) is 7.46.